The Morgan fingerprint density at radius 3 is 3.00 bits per heavy atom. The van der Waals surface area contributed by atoms with Crippen molar-refractivity contribution in [2.45, 2.75) is 13.0 Å². The normalized spacial score (nSPS) is 14.7. The highest BCUT2D eigenvalue weighted by molar-refractivity contribution is 7.84. The standard InChI is InChI=1S/C8H11ClFN3OS/c1-5(4-15(2)14)12-7-6(10)3-11-8(9)13-7/h3,5H,4H2,1-2H3,(H,11,12,13). The second-order valence-electron chi connectivity index (χ2n) is 3.12. The topological polar surface area (TPSA) is 54.9 Å². The van der Waals surface area contributed by atoms with Crippen LogP contribution in [0.3, 0.4) is 0 Å². The molecule has 0 radical (unpaired) electrons. The molecule has 4 nitrogen and oxygen atoms in total. The summed E-state index contributed by atoms with van der Waals surface area (Å²) in [5.41, 5.74) is 0. The molecule has 1 N–H and O–H groups in total. The van der Waals surface area contributed by atoms with Gasteiger partial charge in [-0.05, 0) is 18.5 Å². The molecule has 0 fully saturated rings. The smallest absolute Gasteiger partial charge is 0.224 e. The summed E-state index contributed by atoms with van der Waals surface area (Å²) in [6.07, 6.45) is 2.58. The molecule has 0 spiro atoms. The van der Waals surface area contributed by atoms with E-state index in [-0.39, 0.29) is 17.1 Å². The Balaban J connectivity index is 2.71. The van der Waals surface area contributed by atoms with Crippen LogP contribution in [0.2, 0.25) is 5.28 Å². The van der Waals surface area contributed by atoms with Crippen molar-refractivity contribution in [2.75, 3.05) is 17.3 Å². The third-order valence-corrected chi connectivity index (χ3v) is 2.73. The maximum Gasteiger partial charge on any atom is 0.224 e. The number of hydrogen-bond acceptors (Lipinski definition) is 4. The van der Waals surface area contributed by atoms with E-state index in [4.69, 9.17) is 11.6 Å². The Kier molecular flexibility index (Phi) is 4.41. The number of nitrogens with one attached hydrogen (secondary N) is 1. The van der Waals surface area contributed by atoms with Crippen LogP contribution < -0.4 is 5.32 Å². The van der Waals surface area contributed by atoms with Crippen LogP contribution in [0.15, 0.2) is 6.20 Å². The van der Waals surface area contributed by atoms with Gasteiger partial charge in [0.2, 0.25) is 5.28 Å². The van der Waals surface area contributed by atoms with Crippen molar-refractivity contribution in [1.82, 2.24) is 9.97 Å². The molecule has 1 aromatic rings. The third-order valence-electron chi connectivity index (χ3n) is 1.58. The molecular formula is C8H11ClFN3OS. The molecule has 15 heavy (non-hydrogen) atoms. The Labute approximate surface area is 94.7 Å². The van der Waals surface area contributed by atoms with Crippen LogP contribution in [0.4, 0.5) is 10.2 Å². The van der Waals surface area contributed by atoms with Gasteiger partial charge in [-0.1, -0.05) is 0 Å². The van der Waals surface area contributed by atoms with Gasteiger partial charge in [0.05, 0.1) is 6.20 Å². The average molecular weight is 252 g/mol. The number of anilines is 1. The van der Waals surface area contributed by atoms with Crippen molar-refractivity contribution in [1.29, 1.82) is 0 Å². The van der Waals surface area contributed by atoms with Crippen molar-refractivity contribution in [3.05, 3.63) is 17.3 Å². The molecule has 0 saturated carbocycles. The highest BCUT2D eigenvalue weighted by Gasteiger charge is 2.10. The monoisotopic (exact) mass is 251 g/mol. The first-order chi connectivity index (χ1) is 6.99. The fourth-order valence-electron chi connectivity index (χ4n) is 1.07. The minimum absolute atomic E-state index is 0.0243. The lowest BCUT2D eigenvalue weighted by atomic mass is 10.4. The van der Waals surface area contributed by atoms with E-state index >= 15 is 0 Å². The molecule has 0 aliphatic heterocycles. The number of rotatable bonds is 4. The lowest BCUT2D eigenvalue weighted by molar-refractivity contribution is 0.614. The predicted molar refractivity (Wildman–Crippen MR) is 59.0 cm³/mol. The van der Waals surface area contributed by atoms with E-state index in [2.05, 4.69) is 15.3 Å². The maximum atomic E-state index is 13.1. The van der Waals surface area contributed by atoms with Gasteiger partial charge in [0.1, 0.15) is 0 Å². The summed E-state index contributed by atoms with van der Waals surface area (Å²) in [4.78, 5) is 7.18. The van der Waals surface area contributed by atoms with Crippen molar-refractivity contribution >= 4 is 28.2 Å². The van der Waals surface area contributed by atoms with Crippen molar-refractivity contribution in [2.24, 2.45) is 0 Å². The van der Waals surface area contributed by atoms with Crippen LogP contribution >= 0.6 is 11.6 Å². The minimum Gasteiger partial charge on any atom is -0.364 e. The highest BCUT2D eigenvalue weighted by Crippen LogP contribution is 2.13. The zero-order valence-corrected chi connectivity index (χ0v) is 9.90. The molecule has 1 aromatic heterocycles. The highest BCUT2D eigenvalue weighted by atomic mass is 35.5. The molecule has 1 rings (SSSR count). The van der Waals surface area contributed by atoms with Crippen LogP contribution in [-0.2, 0) is 10.8 Å². The molecule has 1 heterocycles. The number of aromatic nitrogens is 2. The first-order valence-corrected chi connectivity index (χ1v) is 6.34. The molecule has 84 valence electrons. The second-order valence-corrected chi connectivity index (χ2v) is 4.94. The Hall–Kier alpha value is -0.750. The zero-order valence-electron chi connectivity index (χ0n) is 8.33. The molecule has 0 amide bonds. The van der Waals surface area contributed by atoms with Gasteiger partial charge in [-0.15, -0.1) is 0 Å². The molecule has 0 bridgehead atoms. The van der Waals surface area contributed by atoms with Crippen molar-refractivity contribution in [3.63, 3.8) is 0 Å². The fraction of sp³-hybridized carbons (Fsp3) is 0.500. The first kappa shape index (κ1) is 12.3. The molecule has 0 aliphatic carbocycles. The zero-order chi connectivity index (χ0) is 11.4. The molecule has 0 saturated heterocycles. The summed E-state index contributed by atoms with van der Waals surface area (Å²) in [5, 5.41) is 2.75. The fourth-order valence-corrected chi connectivity index (χ4v) is 1.99. The van der Waals surface area contributed by atoms with Crippen LogP contribution in [-0.4, -0.2) is 32.2 Å². The van der Waals surface area contributed by atoms with E-state index in [1.807, 2.05) is 0 Å². The average Bonchev–Trinajstić information content (AvgIpc) is 2.10. The SMILES string of the molecule is CC(CS(C)=O)Nc1nc(Cl)ncc1F. The van der Waals surface area contributed by atoms with Crippen LogP contribution in [0.1, 0.15) is 6.92 Å². The molecule has 7 heteroatoms. The van der Waals surface area contributed by atoms with Gasteiger partial charge >= 0.3 is 0 Å². The van der Waals surface area contributed by atoms with E-state index < -0.39 is 16.6 Å². The third kappa shape index (κ3) is 4.09. The van der Waals surface area contributed by atoms with Gasteiger partial charge in [-0.2, -0.15) is 4.98 Å². The Morgan fingerprint density at radius 2 is 2.40 bits per heavy atom. The Bertz CT molecular complexity index is 377. The van der Waals surface area contributed by atoms with Gasteiger partial charge in [0.15, 0.2) is 11.6 Å². The summed E-state index contributed by atoms with van der Waals surface area (Å²) < 4.78 is 24.1. The summed E-state index contributed by atoms with van der Waals surface area (Å²) in [6.45, 7) is 1.79. The second kappa shape index (κ2) is 5.37. The van der Waals surface area contributed by atoms with Gasteiger partial charge < -0.3 is 5.32 Å². The van der Waals surface area contributed by atoms with Crippen molar-refractivity contribution < 1.29 is 8.60 Å². The van der Waals surface area contributed by atoms with E-state index in [0.717, 1.165) is 6.20 Å². The van der Waals surface area contributed by atoms with Crippen LogP contribution in [0.25, 0.3) is 0 Å². The van der Waals surface area contributed by atoms with Crippen LogP contribution in [0, 0.1) is 5.82 Å². The largest absolute Gasteiger partial charge is 0.364 e. The number of hydrogen-bond donors (Lipinski definition) is 1. The van der Waals surface area contributed by atoms with Crippen LogP contribution in [0.5, 0.6) is 0 Å². The molecular weight excluding hydrogens is 241 g/mol. The van der Waals surface area contributed by atoms with E-state index in [0.29, 0.717) is 5.75 Å². The molecule has 0 aromatic carbocycles. The van der Waals surface area contributed by atoms with E-state index in [1.54, 1.807) is 13.2 Å². The minimum atomic E-state index is -0.943. The van der Waals surface area contributed by atoms with Gasteiger partial charge in [0.25, 0.3) is 0 Å². The lowest BCUT2D eigenvalue weighted by Gasteiger charge is -2.13. The molecule has 0 aliphatic rings. The number of nitrogens with zero attached hydrogens (tertiary/aromatic N) is 2. The summed E-state index contributed by atoms with van der Waals surface area (Å²) in [5.74, 6) is -0.123. The Morgan fingerprint density at radius 1 is 1.73 bits per heavy atom. The molecule has 2 atom stereocenters. The molecule has 2 unspecified atom stereocenters. The summed E-state index contributed by atoms with van der Waals surface area (Å²) in [7, 11) is -0.943. The van der Waals surface area contributed by atoms with E-state index in [9.17, 15) is 8.60 Å². The summed E-state index contributed by atoms with van der Waals surface area (Å²) >= 11 is 5.52. The van der Waals surface area contributed by atoms with Crippen molar-refractivity contribution in [3.8, 4) is 0 Å². The predicted octanol–water partition coefficient (Wildman–Crippen LogP) is 1.45. The summed E-state index contributed by atoms with van der Waals surface area (Å²) in [6, 6.07) is -0.142. The van der Waals surface area contributed by atoms with Gasteiger partial charge in [0, 0.05) is 28.9 Å². The maximum absolute atomic E-state index is 13.1. The van der Waals surface area contributed by atoms with Gasteiger partial charge in [-0.3, -0.25) is 4.21 Å². The van der Waals surface area contributed by atoms with Gasteiger partial charge in [-0.25, -0.2) is 9.37 Å². The lowest BCUT2D eigenvalue weighted by Crippen LogP contribution is -2.23. The van der Waals surface area contributed by atoms with E-state index in [1.165, 1.54) is 0 Å². The number of halogens is 2. The first-order valence-electron chi connectivity index (χ1n) is 4.23. The quantitative estimate of drug-likeness (QED) is 0.823.